The molecule has 0 saturated heterocycles. The second kappa shape index (κ2) is 6.05. The zero-order valence-corrected chi connectivity index (χ0v) is 11.7. The molecule has 1 heterocycles. The maximum atomic E-state index is 3.44. The van der Waals surface area contributed by atoms with Gasteiger partial charge in [0.2, 0.25) is 0 Å². The molecule has 1 atom stereocenters. The first-order valence-corrected chi connectivity index (χ1v) is 6.94. The van der Waals surface area contributed by atoms with Crippen molar-refractivity contribution in [3.63, 3.8) is 0 Å². The van der Waals surface area contributed by atoms with Gasteiger partial charge in [0.25, 0.3) is 0 Å². The summed E-state index contributed by atoms with van der Waals surface area (Å²) in [6.07, 6.45) is 3.52. The molecular weight excluding hydrogens is 220 g/mol. The van der Waals surface area contributed by atoms with Crippen LogP contribution in [0.5, 0.6) is 0 Å². The summed E-state index contributed by atoms with van der Waals surface area (Å²) in [4.78, 5) is 2.44. The number of nitrogens with one attached hydrogen (secondary N) is 1. The zero-order chi connectivity index (χ0) is 13.0. The van der Waals surface area contributed by atoms with Gasteiger partial charge in [0.05, 0.1) is 0 Å². The minimum Gasteiger partial charge on any atom is -0.367 e. The molecule has 2 rings (SSSR count). The number of anilines is 1. The van der Waals surface area contributed by atoms with Crippen molar-refractivity contribution in [2.24, 2.45) is 0 Å². The molecule has 1 unspecified atom stereocenters. The molecule has 1 aromatic carbocycles. The van der Waals surface area contributed by atoms with Crippen LogP contribution >= 0.6 is 0 Å². The lowest BCUT2D eigenvalue weighted by Gasteiger charge is -2.28. The Labute approximate surface area is 111 Å². The molecule has 0 aliphatic carbocycles. The van der Waals surface area contributed by atoms with Gasteiger partial charge in [-0.1, -0.05) is 30.7 Å². The third kappa shape index (κ3) is 3.14. The van der Waals surface area contributed by atoms with E-state index in [0.29, 0.717) is 6.04 Å². The van der Waals surface area contributed by atoms with E-state index in [2.05, 4.69) is 61.3 Å². The second-order valence-corrected chi connectivity index (χ2v) is 5.12. The van der Waals surface area contributed by atoms with Gasteiger partial charge in [-0.15, -0.1) is 0 Å². The van der Waals surface area contributed by atoms with Crippen LogP contribution in [0.15, 0.2) is 35.9 Å². The monoisotopic (exact) mass is 244 g/mol. The fourth-order valence-corrected chi connectivity index (χ4v) is 2.40. The Morgan fingerprint density at radius 3 is 2.56 bits per heavy atom. The lowest BCUT2D eigenvalue weighted by atomic mass is 10.1. The van der Waals surface area contributed by atoms with Gasteiger partial charge in [0.1, 0.15) is 0 Å². The van der Waals surface area contributed by atoms with Crippen molar-refractivity contribution in [1.29, 1.82) is 0 Å². The summed E-state index contributed by atoms with van der Waals surface area (Å²) in [5, 5.41) is 3.44. The first-order valence-electron chi connectivity index (χ1n) is 6.94. The molecule has 0 saturated carbocycles. The van der Waals surface area contributed by atoms with Crippen molar-refractivity contribution < 1.29 is 0 Å². The van der Waals surface area contributed by atoms with E-state index < -0.39 is 0 Å². The molecule has 0 amide bonds. The molecule has 0 fully saturated rings. The van der Waals surface area contributed by atoms with E-state index in [-0.39, 0.29) is 0 Å². The molecule has 0 bridgehead atoms. The SMILES string of the molecule is CCNC(C)c1ccc(N2CC=C(C)CC2)cc1. The summed E-state index contributed by atoms with van der Waals surface area (Å²) in [5.74, 6) is 0. The van der Waals surface area contributed by atoms with Crippen molar-refractivity contribution in [1.82, 2.24) is 5.32 Å². The quantitative estimate of drug-likeness (QED) is 0.815. The van der Waals surface area contributed by atoms with Gasteiger partial charge in [-0.2, -0.15) is 0 Å². The predicted octanol–water partition coefficient (Wildman–Crippen LogP) is 3.51. The number of nitrogens with zero attached hydrogens (tertiary/aromatic N) is 1. The molecular formula is C16H24N2. The highest BCUT2D eigenvalue weighted by Gasteiger charge is 2.10. The minimum absolute atomic E-state index is 0.438. The van der Waals surface area contributed by atoms with E-state index in [0.717, 1.165) is 19.6 Å². The Bertz CT molecular complexity index is 406. The average molecular weight is 244 g/mol. The topological polar surface area (TPSA) is 15.3 Å². The maximum Gasteiger partial charge on any atom is 0.0369 e. The standard InChI is InChI=1S/C16H24N2/c1-4-17-14(3)15-5-7-16(8-6-15)18-11-9-13(2)10-12-18/h5-9,14,17H,4,10-12H2,1-3H3. The van der Waals surface area contributed by atoms with Gasteiger partial charge < -0.3 is 10.2 Å². The number of hydrogen-bond donors (Lipinski definition) is 1. The van der Waals surface area contributed by atoms with Crippen molar-refractivity contribution >= 4 is 5.69 Å². The Balaban J connectivity index is 2.03. The second-order valence-electron chi connectivity index (χ2n) is 5.12. The fourth-order valence-electron chi connectivity index (χ4n) is 2.40. The van der Waals surface area contributed by atoms with Crippen LogP contribution < -0.4 is 10.2 Å². The highest BCUT2D eigenvalue weighted by molar-refractivity contribution is 5.49. The molecule has 2 nitrogen and oxygen atoms in total. The zero-order valence-electron chi connectivity index (χ0n) is 11.7. The molecule has 0 aromatic heterocycles. The Kier molecular flexibility index (Phi) is 4.43. The van der Waals surface area contributed by atoms with Crippen LogP contribution in [0.4, 0.5) is 5.69 Å². The summed E-state index contributed by atoms with van der Waals surface area (Å²) in [5.41, 5.74) is 4.22. The molecule has 0 spiro atoms. The summed E-state index contributed by atoms with van der Waals surface area (Å²) in [6, 6.07) is 9.42. The Morgan fingerprint density at radius 2 is 2.00 bits per heavy atom. The van der Waals surface area contributed by atoms with Gasteiger partial charge in [0, 0.05) is 24.8 Å². The average Bonchev–Trinajstić information content (AvgIpc) is 2.40. The molecule has 2 heteroatoms. The van der Waals surface area contributed by atoms with E-state index in [1.54, 1.807) is 0 Å². The van der Waals surface area contributed by atoms with E-state index >= 15 is 0 Å². The lowest BCUT2D eigenvalue weighted by Crippen LogP contribution is -2.28. The summed E-state index contributed by atoms with van der Waals surface area (Å²) >= 11 is 0. The van der Waals surface area contributed by atoms with Crippen molar-refractivity contribution in [3.05, 3.63) is 41.5 Å². The predicted molar refractivity (Wildman–Crippen MR) is 79.1 cm³/mol. The third-order valence-corrected chi connectivity index (χ3v) is 3.70. The van der Waals surface area contributed by atoms with Gasteiger partial charge in [0.15, 0.2) is 0 Å². The number of rotatable bonds is 4. The summed E-state index contributed by atoms with van der Waals surface area (Å²) in [6.45, 7) is 9.79. The van der Waals surface area contributed by atoms with Crippen LogP contribution in [0.1, 0.15) is 38.8 Å². The van der Waals surface area contributed by atoms with Crippen LogP contribution in [-0.2, 0) is 0 Å². The smallest absolute Gasteiger partial charge is 0.0369 e. The maximum absolute atomic E-state index is 3.44. The fraction of sp³-hybridized carbons (Fsp3) is 0.500. The van der Waals surface area contributed by atoms with Crippen molar-refractivity contribution in [2.45, 2.75) is 33.2 Å². The minimum atomic E-state index is 0.438. The molecule has 18 heavy (non-hydrogen) atoms. The number of benzene rings is 1. The van der Waals surface area contributed by atoms with Crippen molar-refractivity contribution in [2.75, 3.05) is 24.5 Å². The van der Waals surface area contributed by atoms with Gasteiger partial charge in [-0.3, -0.25) is 0 Å². The number of hydrogen-bond acceptors (Lipinski definition) is 2. The molecule has 1 aliphatic rings. The van der Waals surface area contributed by atoms with Crippen LogP contribution in [0, 0.1) is 0 Å². The van der Waals surface area contributed by atoms with Gasteiger partial charge >= 0.3 is 0 Å². The first kappa shape index (κ1) is 13.2. The highest BCUT2D eigenvalue weighted by atomic mass is 15.1. The summed E-state index contributed by atoms with van der Waals surface area (Å²) in [7, 11) is 0. The van der Waals surface area contributed by atoms with Gasteiger partial charge in [-0.25, -0.2) is 0 Å². The molecule has 1 N–H and O–H groups in total. The van der Waals surface area contributed by atoms with E-state index in [1.807, 2.05) is 0 Å². The van der Waals surface area contributed by atoms with Gasteiger partial charge in [-0.05, 0) is 44.5 Å². The van der Waals surface area contributed by atoms with Crippen LogP contribution in [0.2, 0.25) is 0 Å². The van der Waals surface area contributed by atoms with E-state index in [9.17, 15) is 0 Å². The Morgan fingerprint density at radius 1 is 1.28 bits per heavy atom. The van der Waals surface area contributed by atoms with Crippen LogP contribution in [-0.4, -0.2) is 19.6 Å². The molecule has 1 aliphatic heterocycles. The lowest BCUT2D eigenvalue weighted by molar-refractivity contribution is 0.598. The molecule has 1 aromatic rings. The van der Waals surface area contributed by atoms with Crippen LogP contribution in [0.25, 0.3) is 0 Å². The van der Waals surface area contributed by atoms with Crippen molar-refractivity contribution in [3.8, 4) is 0 Å². The Hall–Kier alpha value is -1.28. The summed E-state index contributed by atoms with van der Waals surface area (Å²) < 4.78 is 0. The highest BCUT2D eigenvalue weighted by Crippen LogP contribution is 2.22. The van der Waals surface area contributed by atoms with E-state index in [1.165, 1.54) is 23.2 Å². The van der Waals surface area contributed by atoms with Crippen LogP contribution in [0.3, 0.4) is 0 Å². The third-order valence-electron chi connectivity index (χ3n) is 3.70. The van der Waals surface area contributed by atoms with E-state index in [4.69, 9.17) is 0 Å². The normalized spacial score (nSPS) is 17.5. The molecule has 98 valence electrons. The largest absolute Gasteiger partial charge is 0.367 e. The first-order chi connectivity index (χ1) is 8.70. The molecule has 0 radical (unpaired) electrons.